The van der Waals surface area contributed by atoms with Crippen LogP contribution in [0.1, 0.15) is 23.1 Å². The number of methoxy groups -OCH3 is 1. The summed E-state index contributed by atoms with van der Waals surface area (Å²) in [5, 5.41) is 3.69. The molecule has 0 amide bonds. The van der Waals surface area contributed by atoms with Crippen molar-refractivity contribution in [3.63, 3.8) is 0 Å². The van der Waals surface area contributed by atoms with Gasteiger partial charge in [0.1, 0.15) is 5.75 Å². The summed E-state index contributed by atoms with van der Waals surface area (Å²) in [5.74, 6) is 0.959. The monoisotopic (exact) mass is 267 g/mol. The maximum absolute atomic E-state index is 5.33. The highest BCUT2D eigenvalue weighted by atomic mass is 16.5. The minimum atomic E-state index is 0.510. The Morgan fingerprint density at radius 2 is 1.95 bits per heavy atom. The maximum Gasteiger partial charge on any atom is 0.119 e. The van der Waals surface area contributed by atoms with Crippen molar-refractivity contribution in [2.75, 3.05) is 12.4 Å². The quantitative estimate of drug-likeness (QED) is 0.908. The van der Waals surface area contributed by atoms with Crippen LogP contribution in [0, 0.1) is 6.92 Å². The third-order valence-electron chi connectivity index (χ3n) is 4.15. The molecule has 1 aliphatic rings. The van der Waals surface area contributed by atoms with Crippen LogP contribution in [0.3, 0.4) is 0 Å². The summed E-state index contributed by atoms with van der Waals surface area (Å²) in [4.78, 5) is 0. The molecule has 1 unspecified atom stereocenters. The standard InChI is InChI=1S/C18H21NO/c1-13-5-3-4-6-18(13)19-16-9-7-14-8-10-17(20-2)12-15(14)11-16/h3-6,8,10,12,16,19H,7,9,11H2,1-2H3. The molecule has 2 nitrogen and oxygen atoms in total. The summed E-state index contributed by atoms with van der Waals surface area (Å²) in [5.41, 5.74) is 5.45. The van der Waals surface area contributed by atoms with Crippen LogP contribution in [0.15, 0.2) is 42.5 Å². The molecule has 0 radical (unpaired) electrons. The van der Waals surface area contributed by atoms with Gasteiger partial charge in [0.15, 0.2) is 0 Å². The lowest BCUT2D eigenvalue weighted by molar-refractivity contribution is 0.413. The van der Waals surface area contributed by atoms with Gasteiger partial charge < -0.3 is 10.1 Å². The first-order valence-electron chi connectivity index (χ1n) is 7.24. The van der Waals surface area contributed by atoms with Crippen molar-refractivity contribution in [1.29, 1.82) is 0 Å². The number of rotatable bonds is 3. The number of nitrogens with one attached hydrogen (secondary N) is 1. The number of hydrogen-bond donors (Lipinski definition) is 1. The van der Waals surface area contributed by atoms with Gasteiger partial charge in [0.05, 0.1) is 7.11 Å². The summed E-state index contributed by atoms with van der Waals surface area (Å²) < 4.78 is 5.33. The molecule has 1 aliphatic carbocycles. The Morgan fingerprint density at radius 3 is 2.75 bits per heavy atom. The van der Waals surface area contributed by atoms with E-state index in [1.807, 2.05) is 0 Å². The van der Waals surface area contributed by atoms with Gasteiger partial charge in [-0.15, -0.1) is 0 Å². The van der Waals surface area contributed by atoms with Crippen LogP contribution in [0.25, 0.3) is 0 Å². The number of para-hydroxylation sites is 1. The Hall–Kier alpha value is -1.96. The van der Waals surface area contributed by atoms with E-state index in [2.05, 4.69) is 54.7 Å². The van der Waals surface area contributed by atoms with Crippen molar-refractivity contribution in [3.8, 4) is 5.75 Å². The summed E-state index contributed by atoms with van der Waals surface area (Å²) in [6.07, 6.45) is 3.40. The Morgan fingerprint density at radius 1 is 1.10 bits per heavy atom. The molecular weight excluding hydrogens is 246 g/mol. The van der Waals surface area contributed by atoms with Crippen LogP contribution in [0.4, 0.5) is 5.69 Å². The van der Waals surface area contributed by atoms with Gasteiger partial charge in [-0.05, 0) is 61.1 Å². The molecule has 0 heterocycles. The molecule has 0 bridgehead atoms. The zero-order chi connectivity index (χ0) is 13.9. The first kappa shape index (κ1) is 13.0. The lowest BCUT2D eigenvalue weighted by Gasteiger charge is -2.27. The van der Waals surface area contributed by atoms with E-state index in [4.69, 9.17) is 4.74 Å². The van der Waals surface area contributed by atoms with Crippen molar-refractivity contribution in [2.45, 2.75) is 32.2 Å². The third kappa shape index (κ3) is 2.64. The molecule has 2 heteroatoms. The molecule has 0 aromatic heterocycles. The molecular formula is C18H21NO. The fourth-order valence-electron chi connectivity index (χ4n) is 2.94. The smallest absolute Gasteiger partial charge is 0.119 e. The van der Waals surface area contributed by atoms with Crippen LogP contribution < -0.4 is 10.1 Å². The zero-order valence-corrected chi connectivity index (χ0v) is 12.1. The summed E-state index contributed by atoms with van der Waals surface area (Å²) >= 11 is 0. The molecule has 1 N–H and O–H groups in total. The Labute approximate surface area is 120 Å². The number of anilines is 1. The average molecular weight is 267 g/mol. The Balaban J connectivity index is 1.76. The Bertz CT molecular complexity index is 606. The molecule has 2 aromatic carbocycles. The number of aryl methyl sites for hydroxylation is 2. The number of ether oxygens (including phenoxy) is 1. The number of benzene rings is 2. The Kier molecular flexibility index (Phi) is 3.64. The molecule has 104 valence electrons. The molecule has 1 atom stereocenters. The van der Waals surface area contributed by atoms with E-state index in [0.29, 0.717) is 6.04 Å². The predicted molar refractivity (Wildman–Crippen MR) is 83.6 cm³/mol. The topological polar surface area (TPSA) is 21.3 Å². The second-order valence-electron chi connectivity index (χ2n) is 5.53. The lowest BCUT2D eigenvalue weighted by Crippen LogP contribution is -2.27. The first-order valence-corrected chi connectivity index (χ1v) is 7.24. The number of fused-ring (bicyclic) bond motifs is 1. The zero-order valence-electron chi connectivity index (χ0n) is 12.1. The van der Waals surface area contributed by atoms with Crippen molar-refractivity contribution in [2.24, 2.45) is 0 Å². The molecule has 20 heavy (non-hydrogen) atoms. The summed E-state index contributed by atoms with van der Waals surface area (Å²) in [6.45, 7) is 2.15. The van der Waals surface area contributed by atoms with Gasteiger partial charge in [-0.3, -0.25) is 0 Å². The summed E-state index contributed by atoms with van der Waals surface area (Å²) in [7, 11) is 1.73. The average Bonchev–Trinajstić information content (AvgIpc) is 2.49. The van der Waals surface area contributed by atoms with Gasteiger partial charge in [-0.2, -0.15) is 0 Å². The van der Waals surface area contributed by atoms with Crippen molar-refractivity contribution >= 4 is 5.69 Å². The number of hydrogen-bond acceptors (Lipinski definition) is 2. The molecule has 0 spiro atoms. The van der Waals surface area contributed by atoms with E-state index in [-0.39, 0.29) is 0 Å². The molecule has 0 aliphatic heterocycles. The molecule has 0 saturated heterocycles. The van der Waals surface area contributed by atoms with Crippen molar-refractivity contribution in [3.05, 3.63) is 59.2 Å². The predicted octanol–water partition coefficient (Wildman–Crippen LogP) is 3.97. The van der Waals surface area contributed by atoms with Crippen LogP contribution in [0.5, 0.6) is 5.75 Å². The lowest BCUT2D eigenvalue weighted by atomic mass is 9.88. The molecule has 3 rings (SSSR count). The van der Waals surface area contributed by atoms with Gasteiger partial charge in [-0.1, -0.05) is 24.3 Å². The van der Waals surface area contributed by atoms with E-state index in [9.17, 15) is 0 Å². The van der Waals surface area contributed by atoms with Gasteiger partial charge in [0, 0.05) is 11.7 Å². The molecule has 2 aromatic rings. The fraction of sp³-hybridized carbons (Fsp3) is 0.333. The van der Waals surface area contributed by atoms with E-state index in [1.54, 1.807) is 7.11 Å². The van der Waals surface area contributed by atoms with Crippen LogP contribution >= 0.6 is 0 Å². The van der Waals surface area contributed by atoms with Crippen LogP contribution in [-0.4, -0.2) is 13.2 Å². The van der Waals surface area contributed by atoms with Crippen LogP contribution in [-0.2, 0) is 12.8 Å². The molecule has 0 saturated carbocycles. The third-order valence-corrected chi connectivity index (χ3v) is 4.15. The van der Waals surface area contributed by atoms with E-state index in [0.717, 1.165) is 18.6 Å². The van der Waals surface area contributed by atoms with E-state index in [1.165, 1.54) is 28.8 Å². The first-order chi connectivity index (χ1) is 9.76. The highest BCUT2D eigenvalue weighted by molar-refractivity contribution is 5.51. The normalized spacial score (nSPS) is 17.4. The van der Waals surface area contributed by atoms with Gasteiger partial charge in [0.2, 0.25) is 0 Å². The van der Waals surface area contributed by atoms with Gasteiger partial charge in [0.25, 0.3) is 0 Å². The SMILES string of the molecule is COc1ccc2c(c1)CC(Nc1ccccc1C)CC2. The minimum absolute atomic E-state index is 0.510. The minimum Gasteiger partial charge on any atom is -0.497 e. The largest absolute Gasteiger partial charge is 0.497 e. The van der Waals surface area contributed by atoms with Crippen molar-refractivity contribution in [1.82, 2.24) is 0 Å². The van der Waals surface area contributed by atoms with Crippen LogP contribution in [0.2, 0.25) is 0 Å². The second-order valence-corrected chi connectivity index (χ2v) is 5.53. The van der Waals surface area contributed by atoms with E-state index >= 15 is 0 Å². The fourth-order valence-corrected chi connectivity index (χ4v) is 2.94. The van der Waals surface area contributed by atoms with E-state index < -0.39 is 0 Å². The van der Waals surface area contributed by atoms with Gasteiger partial charge >= 0.3 is 0 Å². The molecule has 0 fully saturated rings. The highest BCUT2D eigenvalue weighted by Crippen LogP contribution is 2.27. The summed E-state index contributed by atoms with van der Waals surface area (Å²) in [6, 6.07) is 15.5. The highest BCUT2D eigenvalue weighted by Gasteiger charge is 2.19. The second kappa shape index (κ2) is 5.58. The van der Waals surface area contributed by atoms with Gasteiger partial charge in [-0.25, -0.2) is 0 Å². The van der Waals surface area contributed by atoms with Crippen molar-refractivity contribution < 1.29 is 4.74 Å². The maximum atomic E-state index is 5.33.